The predicted molar refractivity (Wildman–Crippen MR) is 75.9 cm³/mol. The number of esters is 1. The van der Waals surface area contributed by atoms with Crippen molar-refractivity contribution >= 4 is 23.4 Å². The summed E-state index contributed by atoms with van der Waals surface area (Å²) in [6.07, 6.45) is 0.220. The lowest BCUT2D eigenvalue weighted by atomic mass is 10.1. The summed E-state index contributed by atoms with van der Waals surface area (Å²) in [5.41, 5.74) is 0.563. The molecule has 1 aromatic rings. The quantitative estimate of drug-likeness (QED) is 0.561. The molecule has 0 aliphatic heterocycles. The van der Waals surface area contributed by atoms with Gasteiger partial charge in [0.15, 0.2) is 5.78 Å². The first-order valence-corrected chi connectivity index (χ1v) is 6.76. The molecule has 6 heteroatoms. The van der Waals surface area contributed by atoms with Crippen molar-refractivity contribution < 1.29 is 19.4 Å². The van der Waals surface area contributed by atoms with Gasteiger partial charge >= 0.3 is 5.97 Å². The standard InChI is InChI=1S/C14H18ClNO4/c1-2-20-14(19)12(9-17)16-8-7-13(18)10-3-5-11(15)6-4-10/h3-6,12,16-17H,2,7-9H2,1H3. The lowest BCUT2D eigenvalue weighted by Crippen LogP contribution is -2.41. The second kappa shape index (κ2) is 8.68. The number of nitrogens with one attached hydrogen (secondary N) is 1. The molecule has 110 valence electrons. The molecule has 0 heterocycles. The number of aliphatic hydroxyl groups is 1. The number of aliphatic hydroxyl groups excluding tert-OH is 1. The Balaban J connectivity index is 2.41. The van der Waals surface area contributed by atoms with Gasteiger partial charge in [-0.2, -0.15) is 0 Å². The van der Waals surface area contributed by atoms with Crippen molar-refractivity contribution in [2.75, 3.05) is 19.8 Å². The molecule has 0 radical (unpaired) electrons. The van der Waals surface area contributed by atoms with E-state index in [-0.39, 0.29) is 32.0 Å². The van der Waals surface area contributed by atoms with Crippen LogP contribution in [0.2, 0.25) is 5.02 Å². The van der Waals surface area contributed by atoms with Crippen molar-refractivity contribution in [1.82, 2.24) is 5.32 Å². The van der Waals surface area contributed by atoms with Crippen molar-refractivity contribution in [3.63, 3.8) is 0 Å². The zero-order chi connectivity index (χ0) is 15.0. The van der Waals surface area contributed by atoms with Gasteiger partial charge in [0.1, 0.15) is 6.04 Å². The lowest BCUT2D eigenvalue weighted by molar-refractivity contribution is -0.146. The highest BCUT2D eigenvalue weighted by atomic mass is 35.5. The fourth-order valence-electron chi connectivity index (χ4n) is 1.61. The molecule has 1 unspecified atom stereocenters. The van der Waals surface area contributed by atoms with E-state index in [1.54, 1.807) is 31.2 Å². The van der Waals surface area contributed by atoms with E-state index in [9.17, 15) is 9.59 Å². The molecule has 1 rings (SSSR count). The molecule has 5 nitrogen and oxygen atoms in total. The average Bonchev–Trinajstić information content (AvgIpc) is 2.44. The summed E-state index contributed by atoms with van der Waals surface area (Å²) in [5, 5.41) is 12.4. The van der Waals surface area contributed by atoms with Crippen molar-refractivity contribution in [2.24, 2.45) is 0 Å². The Morgan fingerprint density at radius 1 is 1.35 bits per heavy atom. The van der Waals surface area contributed by atoms with Gasteiger partial charge in [0.05, 0.1) is 13.2 Å². The third-order valence-electron chi connectivity index (χ3n) is 2.66. The van der Waals surface area contributed by atoms with Crippen molar-refractivity contribution in [2.45, 2.75) is 19.4 Å². The van der Waals surface area contributed by atoms with E-state index < -0.39 is 12.0 Å². The van der Waals surface area contributed by atoms with Crippen LogP contribution in [0.4, 0.5) is 0 Å². The van der Waals surface area contributed by atoms with Gasteiger partial charge in [0, 0.05) is 23.6 Å². The van der Waals surface area contributed by atoms with Gasteiger partial charge in [-0.1, -0.05) is 11.6 Å². The van der Waals surface area contributed by atoms with Crippen molar-refractivity contribution in [1.29, 1.82) is 0 Å². The van der Waals surface area contributed by atoms with Crippen LogP contribution in [0, 0.1) is 0 Å². The van der Waals surface area contributed by atoms with Crippen LogP contribution in [0.1, 0.15) is 23.7 Å². The van der Waals surface area contributed by atoms with Gasteiger partial charge in [0.25, 0.3) is 0 Å². The van der Waals surface area contributed by atoms with Crippen LogP contribution in [0.3, 0.4) is 0 Å². The van der Waals surface area contributed by atoms with Crippen LogP contribution in [-0.2, 0) is 9.53 Å². The zero-order valence-corrected chi connectivity index (χ0v) is 12.0. The minimum absolute atomic E-state index is 0.0604. The first-order chi connectivity index (χ1) is 9.58. The number of ether oxygens (including phenoxy) is 1. The van der Waals surface area contributed by atoms with Crippen molar-refractivity contribution in [3.8, 4) is 0 Å². The molecular weight excluding hydrogens is 282 g/mol. The molecule has 2 N–H and O–H groups in total. The number of hydrogen-bond donors (Lipinski definition) is 2. The fourth-order valence-corrected chi connectivity index (χ4v) is 1.73. The largest absolute Gasteiger partial charge is 0.465 e. The Labute approximate surface area is 122 Å². The molecule has 1 atom stereocenters. The highest BCUT2D eigenvalue weighted by Gasteiger charge is 2.18. The van der Waals surface area contributed by atoms with Gasteiger partial charge in [-0.3, -0.25) is 9.59 Å². The number of carbonyl (C=O) groups excluding carboxylic acids is 2. The number of carbonyl (C=O) groups is 2. The SMILES string of the molecule is CCOC(=O)C(CO)NCCC(=O)c1ccc(Cl)cc1. The topological polar surface area (TPSA) is 75.6 Å². The van der Waals surface area contributed by atoms with E-state index in [0.717, 1.165) is 0 Å². The van der Waals surface area contributed by atoms with Gasteiger partial charge in [-0.25, -0.2) is 0 Å². The summed E-state index contributed by atoms with van der Waals surface area (Å²) in [6, 6.07) is 5.81. The maximum atomic E-state index is 11.9. The third kappa shape index (κ3) is 5.28. The first-order valence-electron chi connectivity index (χ1n) is 6.38. The molecular formula is C14H18ClNO4. The number of benzene rings is 1. The number of rotatable bonds is 8. The zero-order valence-electron chi connectivity index (χ0n) is 11.3. The van der Waals surface area contributed by atoms with Crippen LogP contribution in [0.15, 0.2) is 24.3 Å². The highest BCUT2D eigenvalue weighted by molar-refractivity contribution is 6.30. The predicted octanol–water partition coefficient (Wildman–Crippen LogP) is 1.43. The number of hydrogen-bond acceptors (Lipinski definition) is 5. The summed E-state index contributed by atoms with van der Waals surface area (Å²) in [6.45, 7) is 1.86. The molecule has 0 saturated carbocycles. The summed E-state index contributed by atoms with van der Waals surface area (Å²) < 4.78 is 4.79. The van der Waals surface area contributed by atoms with E-state index in [1.165, 1.54) is 0 Å². The molecule has 0 amide bonds. The lowest BCUT2D eigenvalue weighted by Gasteiger charge is -2.14. The summed E-state index contributed by atoms with van der Waals surface area (Å²) in [4.78, 5) is 23.3. The maximum absolute atomic E-state index is 11.9. The monoisotopic (exact) mass is 299 g/mol. The van der Waals surface area contributed by atoms with E-state index in [0.29, 0.717) is 10.6 Å². The van der Waals surface area contributed by atoms with Gasteiger partial charge in [-0.05, 0) is 31.2 Å². The number of halogens is 1. The van der Waals surface area contributed by atoms with Crippen LogP contribution in [0.25, 0.3) is 0 Å². The summed E-state index contributed by atoms with van der Waals surface area (Å²) >= 11 is 5.74. The normalized spacial score (nSPS) is 11.9. The van der Waals surface area contributed by atoms with Crippen LogP contribution >= 0.6 is 11.6 Å². The van der Waals surface area contributed by atoms with Gasteiger partial charge < -0.3 is 15.2 Å². The minimum Gasteiger partial charge on any atom is -0.465 e. The van der Waals surface area contributed by atoms with E-state index in [1.807, 2.05) is 0 Å². The smallest absolute Gasteiger partial charge is 0.325 e. The van der Waals surface area contributed by atoms with E-state index >= 15 is 0 Å². The number of Topliss-reactive ketones (excluding diaryl/α,β-unsaturated/α-hetero) is 1. The molecule has 0 aliphatic carbocycles. The Morgan fingerprint density at radius 2 is 2.00 bits per heavy atom. The molecule has 0 aliphatic rings. The summed E-state index contributed by atoms with van der Waals surface area (Å²) in [5.74, 6) is -0.580. The number of ketones is 1. The Hall–Kier alpha value is -1.43. The molecule has 0 aromatic heterocycles. The Kier molecular flexibility index (Phi) is 7.22. The second-order valence-electron chi connectivity index (χ2n) is 4.12. The van der Waals surface area contributed by atoms with E-state index in [4.69, 9.17) is 21.4 Å². The second-order valence-corrected chi connectivity index (χ2v) is 4.56. The average molecular weight is 300 g/mol. The minimum atomic E-state index is -0.798. The maximum Gasteiger partial charge on any atom is 0.325 e. The highest BCUT2D eigenvalue weighted by Crippen LogP contribution is 2.10. The molecule has 20 heavy (non-hydrogen) atoms. The molecule has 0 fully saturated rings. The van der Waals surface area contributed by atoms with Crippen molar-refractivity contribution in [3.05, 3.63) is 34.9 Å². The first kappa shape index (κ1) is 16.6. The van der Waals surface area contributed by atoms with Crippen LogP contribution < -0.4 is 5.32 Å². The Bertz CT molecular complexity index is 447. The van der Waals surface area contributed by atoms with E-state index in [2.05, 4.69) is 5.32 Å². The molecule has 0 spiro atoms. The fraction of sp³-hybridized carbons (Fsp3) is 0.429. The van der Waals surface area contributed by atoms with Crippen LogP contribution in [-0.4, -0.2) is 42.7 Å². The molecule has 0 saturated heterocycles. The van der Waals surface area contributed by atoms with Gasteiger partial charge in [0.2, 0.25) is 0 Å². The van der Waals surface area contributed by atoms with Crippen LogP contribution in [0.5, 0.6) is 0 Å². The molecule has 0 bridgehead atoms. The Morgan fingerprint density at radius 3 is 2.55 bits per heavy atom. The third-order valence-corrected chi connectivity index (χ3v) is 2.91. The van der Waals surface area contributed by atoms with Gasteiger partial charge in [-0.15, -0.1) is 0 Å². The summed E-state index contributed by atoms with van der Waals surface area (Å²) in [7, 11) is 0. The molecule has 1 aromatic carbocycles.